The number of hydrogen-bond donors (Lipinski definition) is 0. The Kier molecular flexibility index (Phi) is 14.4. The number of carbonyl (C=O) groups excluding carboxylic acids is 1. The van der Waals surface area contributed by atoms with Gasteiger partial charge < -0.3 is 14.4 Å². The van der Waals surface area contributed by atoms with Crippen LogP contribution < -0.4 is 11.2 Å². The fourth-order valence-electron chi connectivity index (χ4n) is 5.55. The monoisotopic (exact) mass is 588 g/mol. The predicted molar refractivity (Wildman–Crippen MR) is 162 cm³/mol. The van der Waals surface area contributed by atoms with Gasteiger partial charge in [0.15, 0.2) is 0 Å². The molecule has 1 aliphatic rings. The van der Waals surface area contributed by atoms with Crippen molar-refractivity contribution in [2.45, 2.75) is 135 Å². The molecule has 0 amide bonds. The van der Waals surface area contributed by atoms with E-state index in [-0.39, 0.29) is 31.3 Å². The molecule has 3 heterocycles. The van der Waals surface area contributed by atoms with Gasteiger partial charge >= 0.3 is 11.7 Å². The van der Waals surface area contributed by atoms with Crippen molar-refractivity contribution >= 4 is 5.97 Å². The number of rotatable bonds is 20. The van der Waals surface area contributed by atoms with Crippen molar-refractivity contribution in [3.8, 4) is 0 Å². The third kappa shape index (κ3) is 11.1. The zero-order valence-electron chi connectivity index (χ0n) is 26.2. The van der Waals surface area contributed by atoms with E-state index in [1.54, 1.807) is 6.20 Å². The number of likely N-dealkylation sites (N-methyl/N-ethyl adjacent to an activating group) is 1. The molecule has 1 saturated heterocycles. The number of esters is 1. The summed E-state index contributed by atoms with van der Waals surface area (Å²) in [6.45, 7) is 5.07. The van der Waals surface area contributed by atoms with E-state index in [0.717, 1.165) is 49.6 Å². The van der Waals surface area contributed by atoms with Crippen molar-refractivity contribution in [1.82, 2.24) is 29.0 Å². The molecular formula is C31H52N6O5. The van der Waals surface area contributed by atoms with Crippen LogP contribution in [-0.4, -0.2) is 67.8 Å². The summed E-state index contributed by atoms with van der Waals surface area (Å²) in [5, 5.41) is 8.17. The Morgan fingerprint density at radius 3 is 2.38 bits per heavy atom. The van der Waals surface area contributed by atoms with E-state index >= 15 is 0 Å². The van der Waals surface area contributed by atoms with Crippen molar-refractivity contribution in [1.29, 1.82) is 0 Å². The molecule has 0 radical (unpaired) electrons. The summed E-state index contributed by atoms with van der Waals surface area (Å²) in [5.41, 5.74) is -0.456. The van der Waals surface area contributed by atoms with Crippen LogP contribution >= 0.6 is 0 Å². The summed E-state index contributed by atoms with van der Waals surface area (Å²) in [5.74, 6) is -0.345. The molecule has 3 atom stereocenters. The number of hydrogen-bond acceptors (Lipinski definition) is 8. The minimum atomic E-state index is -0.451. The van der Waals surface area contributed by atoms with E-state index < -0.39 is 17.5 Å². The van der Waals surface area contributed by atoms with Crippen molar-refractivity contribution in [2.24, 2.45) is 0 Å². The number of ether oxygens (including phenoxy) is 2. The van der Waals surface area contributed by atoms with Crippen molar-refractivity contribution in [3.63, 3.8) is 0 Å². The van der Waals surface area contributed by atoms with Gasteiger partial charge in [0.1, 0.15) is 24.6 Å². The van der Waals surface area contributed by atoms with Gasteiger partial charge in [-0.2, -0.15) is 0 Å². The molecule has 1 fully saturated rings. The molecule has 0 aliphatic carbocycles. The molecule has 3 unspecified atom stereocenters. The average Bonchev–Trinajstić information content (AvgIpc) is 3.59. The second-order valence-electron chi connectivity index (χ2n) is 11.9. The highest BCUT2D eigenvalue weighted by molar-refractivity contribution is 5.69. The zero-order valence-corrected chi connectivity index (χ0v) is 26.2. The smallest absolute Gasteiger partial charge is 0.333 e. The molecule has 0 N–H and O–H groups in total. The van der Waals surface area contributed by atoms with Crippen LogP contribution in [0.4, 0.5) is 0 Å². The van der Waals surface area contributed by atoms with E-state index in [4.69, 9.17) is 9.47 Å². The molecule has 0 bridgehead atoms. The van der Waals surface area contributed by atoms with Gasteiger partial charge in [-0.3, -0.25) is 18.7 Å². The molecule has 42 heavy (non-hydrogen) atoms. The molecule has 11 heteroatoms. The number of unbranched alkanes of at least 4 members (excludes halogenated alkanes) is 8. The van der Waals surface area contributed by atoms with E-state index in [1.165, 1.54) is 66.5 Å². The lowest BCUT2D eigenvalue weighted by molar-refractivity contribution is -0.150. The van der Waals surface area contributed by atoms with Gasteiger partial charge in [0.2, 0.25) is 0 Å². The molecule has 0 saturated carbocycles. The molecule has 0 spiro atoms. The normalized spacial score (nSPS) is 17.6. The molecule has 2 aromatic heterocycles. The van der Waals surface area contributed by atoms with Gasteiger partial charge in [-0.15, -0.1) is 5.10 Å². The van der Waals surface area contributed by atoms with Gasteiger partial charge in [-0.25, -0.2) is 9.48 Å². The first-order valence-electron chi connectivity index (χ1n) is 16.0. The van der Waals surface area contributed by atoms with E-state index in [2.05, 4.69) is 29.1 Å². The van der Waals surface area contributed by atoms with Gasteiger partial charge in [-0.05, 0) is 52.6 Å². The number of nitrogens with zero attached hydrogens (tertiary/aromatic N) is 6. The van der Waals surface area contributed by atoms with Crippen LogP contribution in [0, 0.1) is 0 Å². The summed E-state index contributed by atoms with van der Waals surface area (Å²) in [6.07, 6.45) is 17.8. The average molecular weight is 589 g/mol. The van der Waals surface area contributed by atoms with Crippen LogP contribution in [0.2, 0.25) is 0 Å². The minimum absolute atomic E-state index is 0.0404. The van der Waals surface area contributed by atoms with E-state index in [1.807, 2.05) is 14.1 Å². The molecule has 3 rings (SSSR count). The summed E-state index contributed by atoms with van der Waals surface area (Å²) < 4.78 is 16.0. The molecule has 11 nitrogen and oxygen atoms in total. The van der Waals surface area contributed by atoms with Crippen LogP contribution in [0.15, 0.2) is 28.0 Å². The van der Waals surface area contributed by atoms with E-state index in [9.17, 15) is 14.4 Å². The summed E-state index contributed by atoms with van der Waals surface area (Å²) >= 11 is 0. The van der Waals surface area contributed by atoms with E-state index in [0.29, 0.717) is 12.1 Å². The fourth-order valence-corrected chi connectivity index (χ4v) is 5.55. The lowest BCUT2D eigenvalue weighted by Gasteiger charge is -2.19. The molecule has 236 valence electrons. The maximum Gasteiger partial charge on any atom is 0.333 e. The quantitative estimate of drug-likeness (QED) is 0.164. The Morgan fingerprint density at radius 1 is 1.02 bits per heavy atom. The van der Waals surface area contributed by atoms with Crippen LogP contribution in [0.1, 0.15) is 116 Å². The SMILES string of the molecule is CCCCCCCCC(CCCCCC)OC(=O)Cn1cc(Cn2c(=O)ccn(C3CCC(CN(C)C)O3)c2=O)nn1. The van der Waals surface area contributed by atoms with Gasteiger partial charge in [-0.1, -0.05) is 70.4 Å². The maximum atomic E-state index is 13.2. The first-order chi connectivity index (χ1) is 20.3. The summed E-state index contributed by atoms with van der Waals surface area (Å²) in [7, 11) is 3.97. The summed E-state index contributed by atoms with van der Waals surface area (Å²) in [6, 6.07) is 1.37. The topological polar surface area (TPSA) is 113 Å². The molecular weight excluding hydrogens is 536 g/mol. The van der Waals surface area contributed by atoms with Gasteiger partial charge in [0, 0.05) is 18.8 Å². The Hall–Kier alpha value is -2.79. The number of aromatic nitrogens is 5. The van der Waals surface area contributed by atoms with Crippen molar-refractivity contribution < 1.29 is 14.3 Å². The van der Waals surface area contributed by atoms with Crippen molar-refractivity contribution in [2.75, 3.05) is 20.6 Å². The largest absolute Gasteiger partial charge is 0.461 e. The first-order valence-corrected chi connectivity index (χ1v) is 16.0. The first kappa shape index (κ1) is 33.7. The second kappa shape index (κ2) is 18.0. The van der Waals surface area contributed by atoms with Crippen LogP contribution in [0.25, 0.3) is 0 Å². The van der Waals surface area contributed by atoms with Crippen LogP contribution in [-0.2, 0) is 27.4 Å². The lowest BCUT2D eigenvalue weighted by Crippen LogP contribution is -2.41. The lowest BCUT2D eigenvalue weighted by atomic mass is 10.0. The third-order valence-corrected chi connectivity index (χ3v) is 7.81. The van der Waals surface area contributed by atoms with Crippen LogP contribution in [0.3, 0.4) is 0 Å². The maximum absolute atomic E-state index is 13.2. The Morgan fingerprint density at radius 2 is 1.69 bits per heavy atom. The standard InChI is InChI=1S/C31H52N6O5/c1-5-7-9-11-12-14-16-26(15-13-10-8-6-2)42-30(39)24-35-21-25(32-33-35)22-37-28(38)19-20-36(31(37)40)29-18-17-27(41-29)23-34(3)4/h19-21,26-27,29H,5-18,22-24H2,1-4H3. The van der Waals surface area contributed by atoms with Crippen molar-refractivity contribution in [3.05, 3.63) is 45.0 Å². The van der Waals surface area contributed by atoms with Crippen LogP contribution in [0.5, 0.6) is 0 Å². The van der Waals surface area contributed by atoms with Gasteiger partial charge in [0.25, 0.3) is 5.56 Å². The zero-order chi connectivity index (χ0) is 30.3. The highest BCUT2D eigenvalue weighted by Gasteiger charge is 2.28. The Bertz CT molecular complexity index is 1190. The number of carbonyl (C=O) groups is 1. The highest BCUT2D eigenvalue weighted by Crippen LogP contribution is 2.27. The third-order valence-electron chi connectivity index (χ3n) is 7.81. The summed E-state index contributed by atoms with van der Waals surface area (Å²) in [4.78, 5) is 40.7. The Labute approximate surface area is 250 Å². The molecule has 0 aromatic carbocycles. The molecule has 1 aliphatic heterocycles. The predicted octanol–water partition coefficient (Wildman–Crippen LogP) is 4.52. The van der Waals surface area contributed by atoms with Gasteiger partial charge in [0.05, 0.1) is 18.8 Å². The molecule has 2 aromatic rings. The highest BCUT2D eigenvalue weighted by atomic mass is 16.5. The second-order valence-corrected chi connectivity index (χ2v) is 11.9. The fraction of sp³-hybridized carbons (Fsp3) is 0.774. The minimum Gasteiger partial charge on any atom is -0.461 e. The Balaban J connectivity index is 1.56.